The van der Waals surface area contributed by atoms with Gasteiger partial charge in [-0.3, -0.25) is 0 Å². The molecule has 17 heavy (non-hydrogen) atoms. The van der Waals surface area contributed by atoms with Gasteiger partial charge in [0.2, 0.25) is 0 Å². The number of hydrogen-bond donors (Lipinski definition) is 3. The second kappa shape index (κ2) is 5.77. The fraction of sp³-hybridized carbons (Fsp3) is 0.538. The topological polar surface area (TPSA) is 67.5 Å². The van der Waals surface area contributed by atoms with E-state index in [0.29, 0.717) is 18.7 Å². The van der Waals surface area contributed by atoms with Gasteiger partial charge in [0, 0.05) is 35.7 Å². The Kier molecular flexibility index (Phi) is 4.63. The van der Waals surface area contributed by atoms with Crippen molar-refractivity contribution in [2.75, 3.05) is 24.3 Å². The molecule has 0 fully saturated rings. The maximum absolute atomic E-state index is 8.98. The zero-order valence-electron chi connectivity index (χ0n) is 10.8. The Morgan fingerprint density at radius 2 is 2.06 bits per heavy atom. The quantitative estimate of drug-likeness (QED) is 0.665. The van der Waals surface area contributed by atoms with E-state index in [2.05, 4.69) is 5.32 Å². The van der Waals surface area contributed by atoms with Crippen LogP contribution in [0, 0.1) is 0 Å². The molecule has 4 N–H and O–H groups in total. The molecule has 1 aromatic carbocycles. The van der Waals surface area contributed by atoms with Crippen molar-refractivity contribution in [1.29, 1.82) is 0 Å². The van der Waals surface area contributed by atoms with E-state index in [1.165, 1.54) is 0 Å². The molecule has 0 amide bonds. The summed E-state index contributed by atoms with van der Waals surface area (Å²) in [5, 5.41) is 12.3. The lowest BCUT2D eigenvalue weighted by Gasteiger charge is -2.27. The van der Waals surface area contributed by atoms with Crippen molar-refractivity contribution >= 4 is 11.4 Å². The summed E-state index contributed by atoms with van der Waals surface area (Å²) >= 11 is 0. The molecular weight excluding hydrogens is 216 g/mol. The van der Waals surface area contributed by atoms with Crippen LogP contribution < -0.4 is 15.8 Å². The van der Waals surface area contributed by atoms with E-state index in [0.717, 1.165) is 11.4 Å². The first-order valence-corrected chi connectivity index (χ1v) is 5.89. The summed E-state index contributed by atoms with van der Waals surface area (Å²) in [6.07, 6.45) is 0.672. The Morgan fingerprint density at radius 1 is 1.35 bits per heavy atom. The number of aliphatic hydroxyl groups excluding tert-OH is 1. The summed E-state index contributed by atoms with van der Waals surface area (Å²) in [5.74, 6) is 0.759. The molecular formula is C13H22N2O2. The monoisotopic (exact) mass is 238 g/mol. The number of ether oxygens (including phenoxy) is 1. The number of anilines is 2. The van der Waals surface area contributed by atoms with Crippen LogP contribution in [0.2, 0.25) is 0 Å². The van der Waals surface area contributed by atoms with Crippen molar-refractivity contribution in [3.63, 3.8) is 0 Å². The van der Waals surface area contributed by atoms with Gasteiger partial charge in [-0.1, -0.05) is 0 Å². The maximum Gasteiger partial charge on any atom is 0.123 e. The molecule has 0 aliphatic heterocycles. The molecule has 0 heterocycles. The van der Waals surface area contributed by atoms with Gasteiger partial charge in [-0.05, 0) is 33.3 Å². The molecule has 0 atom stereocenters. The van der Waals surface area contributed by atoms with Crippen molar-refractivity contribution in [3.05, 3.63) is 18.2 Å². The van der Waals surface area contributed by atoms with Crippen LogP contribution in [0.15, 0.2) is 18.2 Å². The standard InChI is InChI=1S/C13H22N2O2/c1-4-17-12-8-10(14)7-11(9-12)15-13(2,3)5-6-16/h7-9,15-16H,4-6,14H2,1-3H3. The molecule has 0 saturated carbocycles. The molecule has 1 aromatic rings. The minimum atomic E-state index is -0.175. The van der Waals surface area contributed by atoms with Gasteiger partial charge < -0.3 is 20.9 Å². The third kappa shape index (κ3) is 4.53. The Balaban J connectivity index is 2.83. The van der Waals surface area contributed by atoms with E-state index in [9.17, 15) is 0 Å². The highest BCUT2D eigenvalue weighted by atomic mass is 16.5. The molecule has 0 aliphatic rings. The van der Waals surface area contributed by atoms with E-state index in [-0.39, 0.29) is 12.1 Å². The van der Waals surface area contributed by atoms with Crippen LogP contribution in [0.3, 0.4) is 0 Å². The first-order chi connectivity index (χ1) is 7.96. The SMILES string of the molecule is CCOc1cc(N)cc(NC(C)(C)CCO)c1. The molecule has 0 aromatic heterocycles. The number of nitrogens with two attached hydrogens (primary N) is 1. The lowest BCUT2D eigenvalue weighted by Crippen LogP contribution is -2.31. The van der Waals surface area contributed by atoms with Crippen molar-refractivity contribution < 1.29 is 9.84 Å². The fourth-order valence-corrected chi connectivity index (χ4v) is 1.68. The van der Waals surface area contributed by atoms with Crippen molar-refractivity contribution in [2.24, 2.45) is 0 Å². The molecule has 96 valence electrons. The van der Waals surface area contributed by atoms with Gasteiger partial charge in [0.05, 0.1) is 6.61 Å². The predicted molar refractivity (Wildman–Crippen MR) is 71.4 cm³/mol. The maximum atomic E-state index is 8.98. The lowest BCUT2D eigenvalue weighted by atomic mass is 10.0. The van der Waals surface area contributed by atoms with Crippen LogP contribution in [0.5, 0.6) is 5.75 Å². The molecule has 0 aliphatic carbocycles. The molecule has 1 rings (SSSR count). The second-order valence-corrected chi connectivity index (χ2v) is 4.71. The van der Waals surface area contributed by atoms with Crippen molar-refractivity contribution in [1.82, 2.24) is 0 Å². The predicted octanol–water partition coefficient (Wildman–Crippen LogP) is 2.24. The van der Waals surface area contributed by atoms with E-state index < -0.39 is 0 Å². The summed E-state index contributed by atoms with van der Waals surface area (Å²) in [6.45, 7) is 6.77. The first kappa shape index (κ1) is 13.6. The third-order valence-corrected chi connectivity index (χ3v) is 2.46. The number of rotatable bonds is 6. The molecule has 0 saturated heterocycles. The first-order valence-electron chi connectivity index (χ1n) is 5.89. The zero-order valence-corrected chi connectivity index (χ0v) is 10.8. The number of nitrogens with one attached hydrogen (secondary N) is 1. The van der Waals surface area contributed by atoms with Crippen molar-refractivity contribution in [3.8, 4) is 5.75 Å². The van der Waals surface area contributed by atoms with E-state index in [1.54, 1.807) is 6.07 Å². The van der Waals surface area contributed by atoms with Gasteiger partial charge in [0.1, 0.15) is 5.75 Å². The minimum absolute atomic E-state index is 0.153. The van der Waals surface area contributed by atoms with Gasteiger partial charge in [-0.15, -0.1) is 0 Å². The highest BCUT2D eigenvalue weighted by Crippen LogP contribution is 2.25. The third-order valence-electron chi connectivity index (χ3n) is 2.46. The van der Waals surface area contributed by atoms with E-state index in [4.69, 9.17) is 15.6 Å². The molecule has 0 spiro atoms. The molecule has 0 bridgehead atoms. The molecule has 0 unspecified atom stereocenters. The van der Waals surface area contributed by atoms with Crippen LogP contribution >= 0.6 is 0 Å². The van der Waals surface area contributed by atoms with Gasteiger partial charge >= 0.3 is 0 Å². The molecule has 4 nitrogen and oxygen atoms in total. The van der Waals surface area contributed by atoms with Gasteiger partial charge in [-0.2, -0.15) is 0 Å². The zero-order chi connectivity index (χ0) is 12.9. The lowest BCUT2D eigenvalue weighted by molar-refractivity contribution is 0.261. The van der Waals surface area contributed by atoms with Crippen LogP contribution in [0.25, 0.3) is 0 Å². The smallest absolute Gasteiger partial charge is 0.123 e. The Bertz CT molecular complexity index is 364. The van der Waals surface area contributed by atoms with Gasteiger partial charge in [0.15, 0.2) is 0 Å². The summed E-state index contributed by atoms with van der Waals surface area (Å²) in [7, 11) is 0. The summed E-state index contributed by atoms with van der Waals surface area (Å²) < 4.78 is 5.43. The van der Waals surface area contributed by atoms with Crippen LogP contribution in [0.4, 0.5) is 11.4 Å². The van der Waals surface area contributed by atoms with E-state index >= 15 is 0 Å². The Labute approximate surface area is 103 Å². The Morgan fingerprint density at radius 3 is 2.65 bits per heavy atom. The summed E-state index contributed by atoms with van der Waals surface area (Å²) in [5.41, 5.74) is 7.21. The van der Waals surface area contributed by atoms with Crippen LogP contribution in [0.1, 0.15) is 27.2 Å². The Hall–Kier alpha value is -1.42. The summed E-state index contributed by atoms with van der Waals surface area (Å²) in [4.78, 5) is 0. The van der Waals surface area contributed by atoms with Crippen molar-refractivity contribution in [2.45, 2.75) is 32.7 Å². The normalized spacial score (nSPS) is 11.3. The molecule has 0 radical (unpaired) electrons. The number of nitrogen functional groups attached to an aromatic ring is 1. The number of hydrogen-bond acceptors (Lipinski definition) is 4. The van der Waals surface area contributed by atoms with E-state index in [1.807, 2.05) is 32.9 Å². The minimum Gasteiger partial charge on any atom is -0.494 e. The fourth-order valence-electron chi connectivity index (χ4n) is 1.68. The summed E-state index contributed by atoms with van der Waals surface area (Å²) in [6, 6.07) is 5.58. The molecule has 4 heteroatoms. The average Bonchev–Trinajstić information content (AvgIpc) is 2.15. The average molecular weight is 238 g/mol. The highest BCUT2D eigenvalue weighted by molar-refractivity contribution is 5.60. The van der Waals surface area contributed by atoms with Gasteiger partial charge in [-0.25, -0.2) is 0 Å². The highest BCUT2D eigenvalue weighted by Gasteiger charge is 2.16. The van der Waals surface area contributed by atoms with Crippen LogP contribution in [-0.4, -0.2) is 23.9 Å². The second-order valence-electron chi connectivity index (χ2n) is 4.71. The largest absolute Gasteiger partial charge is 0.494 e. The number of aliphatic hydroxyl groups is 1. The number of benzene rings is 1. The van der Waals surface area contributed by atoms with Crippen LogP contribution in [-0.2, 0) is 0 Å². The van der Waals surface area contributed by atoms with Gasteiger partial charge in [0.25, 0.3) is 0 Å².